The molecule has 0 saturated heterocycles. The molecule has 0 fully saturated rings. The van der Waals surface area contributed by atoms with Crippen molar-refractivity contribution in [1.82, 2.24) is 15.0 Å². The summed E-state index contributed by atoms with van der Waals surface area (Å²) in [6, 6.07) is 66.5. The first-order valence-corrected chi connectivity index (χ1v) is 17.6. The Labute approximate surface area is 302 Å². The van der Waals surface area contributed by atoms with E-state index in [1.54, 1.807) is 0 Å². The van der Waals surface area contributed by atoms with Crippen LogP contribution >= 0.6 is 0 Å². The van der Waals surface area contributed by atoms with Crippen LogP contribution < -0.4 is 0 Å². The molecule has 0 unspecified atom stereocenters. The largest absolute Gasteiger partial charge is 0.208 e. The SMILES string of the molecule is c1ccc(-c2cc(-c3ccc(-c4nc(-c5ccccc5)nc(-c5ccccc5)n4)cc3)cc(-c3ccc4c5c(cccc35)-c3ccccc3-4)c2)cc1. The minimum Gasteiger partial charge on any atom is -0.208 e. The summed E-state index contributed by atoms with van der Waals surface area (Å²) >= 11 is 0. The molecule has 52 heavy (non-hydrogen) atoms. The quantitative estimate of drug-likeness (QED) is 0.178. The normalized spacial score (nSPS) is 11.5. The number of rotatable bonds is 6. The van der Waals surface area contributed by atoms with Crippen molar-refractivity contribution in [2.75, 3.05) is 0 Å². The van der Waals surface area contributed by atoms with Gasteiger partial charge in [0.15, 0.2) is 17.5 Å². The highest BCUT2D eigenvalue weighted by atomic mass is 15.0. The first kappa shape index (κ1) is 29.9. The zero-order chi connectivity index (χ0) is 34.4. The lowest BCUT2D eigenvalue weighted by Gasteiger charge is -2.14. The van der Waals surface area contributed by atoms with Gasteiger partial charge >= 0.3 is 0 Å². The van der Waals surface area contributed by atoms with Crippen LogP contribution in [0.3, 0.4) is 0 Å². The molecule has 1 aliphatic carbocycles. The van der Waals surface area contributed by atoms with Gasteiger partial charge in [-0.3, -0.25) is 0 Å². The van der Waals surface area contributed by atoms with E-state index in [1.165, 1.54) is 55.3 Å². The molecule has 1 aromatic heterocycles. The fourth-order valence-corrected chi connectivity index (χ4v) is 7.56. The van der Waals surface area contributed by atoms with Crippen LogP contribution in [0.5, 0.6) is 0 Å². The zero-order valence-corrected chi connectivity index (χ0v) is 28.2. The molecule has 8 aromatic carbocycles. The third-order valence-corrected chi connectivity index (χ3v) is 10.1. The molecule has 1 aliphatic rings. The van der Waals surface area contributed by atoms with Crippen molar-refractivity contribution in [3.05, 3.63) is 188 Å². The van der Waals surface area contributed by atoms with E-state index in [2.05, 4.69) is 127 Å². The van der Waals surface area contributed by atoms with Crippen LogP contribution in [0, 0.1) is 0 Å². The lowest BCUT2D eigenvalue weighted by molar-refractivity contribution is 1.07. The van der Waals surface area contributed by atoms with Crippen LogP contribution in [0.2, 0.25) is 0 Å². The van der Waals surface area contributed by atoms with Gasteiger partial charge < -0.3 is 0 Å². The molecule has 0 spiro atoms. The number of hydrogen-bond acceptors (Lipinski definition) is 3. The van der Waals surface area contributed by atoms with E-state index < -0.39 is 0 Å². The highest BCUT2D eigenvalue weighted by Gasteiger charge is 2.22. The van der Waals surface area contributed by atoms with Crippen molar-refractivity contribution < 1.29 is 0 Å². The Morgan fingerprint density at radius 2 is 0.615 bits per heavy atom. The van der Waals surface area contributed by atoms with E-state index >= 15 is 0 Å². The Kier molecular flexibility index (Phi) is 7.14. The lowest BCUT2D eigenvalue weighted by atomic mass is 9.90. The second kappa shape index (κ2) is 12.4. The number of aromatic nitrogens is 3. The highest BCUT2D eigenvalue weighted by molar-refractivity contribution is 6.18. The standard InChI is InChI=1S/C49H31N3/c1-4-13-32(14-5-1)37-29-38(31-39(30-37)40-27-28-45-42-20-11-10-19-41(42)44-22-12-21-43(40)46(44)45)33-23-25-36(26-24-33)49-51-47(34-15-6-2-7-16-34)50-48(52-49)35-17-8-3-9-18-35/h1-31H. The fraction of sp³-hybridized carbons (Fsp3) is 0. The van der Waals surface area contributed by atoms with Crippen LogP contribution in [-0.2, 0) is 0 Å². The molecular weight excluding hydrogens is 631 g/mol. The Bertz CT molecular complexity index is 2670. The van der Waals surface area contributed by atoms with Gasteiger partial charge in [0.25, 0.3) is 0 Å². The summed E-state index contributed by atoms with van der Waals surface area (Å²) in [5.74, 6) is 1.95. The first-order valence-electron chi connectivity index (χ1n) is 17.6. The molecule has 10 rings (SSSR count). The predicted molar refractivity (Wildman–Crippen MR) is 214 cm³/mol. The molecule has 242 valence electrons. The first-order chi connectivity index (χ1) is 25.8. The van der Waals surface area contributed by atoms with E-state index in [1.807, 2.05) is 60.7 Å². The van der Waals surface area contributed by atoms with Crippen molar-refractivity contribution in [2.45, 2.75) is 0 Å². The number of benzene rings is 8. The zero-order valence-electron chi connectivity index (χ0n) is 28.2. The number of hydrogen-bond donors (Lipinski definition) is 0. The molecule has 0 radical (unpaired) electrons. The van der Waals surface area contributed by atoms with Crippen LogP contribution in [0.15, 0.2) is 188 Å². The van der Waals surface area contributed by atoms with Crippen molar-refractivity contribution in [3.8, 4) is 89.8 Å². The van der Waals surface area contributed by atoms with Crippen LogP contribution in [-0.4, -0.2) is 15.0 Å². The Morgan fingerprint density at radius 1 is 0.231 bits per heavy atom. The second-order valence-electron chi connectivity index (χ2n) is 13.2. The maximum absolute atomic E-state index is 4.95. The number of fused-ring (bicyclic) bond motifs is 3. The summed E-state index contributed by atoms with van der Waals surface area (Å²) in [4.78, 5) is 14.8. The summed E-state index contributed by atoms with van der Waals surface area (Å²) < 4.78 is 0. The van der Waals surface area contributed by atoms with Gasteiger partial charge in [-0.05, 0) is 84.6 Å². The average Bonchev–Trinajstić information content (AvgIpc) is 3.56. The van der Waals surface area contributed by atoms with Gasteiger partial charge in [0.05, 0.1) is 0 Å². The minimum atomic E-state index is 0.645. The van der Waals surface area contributed by atoms with Crippen LogP contribution in [0.25, 0.3) is 101 Å². The molecule has 0 N–H and O–H groups in total. The van der Waals surface area contributed by atoms with Crippen molar-refractivity contribution in [2.24, 2.45) is 0 Å². The topological polar surface area (TPSA) is 38.7 Å². The van der Waals surface area contributed by atoms with Crippen molar-refractivity contribution >= 4 is 10.8 Å². The maximum atomic E-state index is 4.95. The summed E-state index contributed by atoms with van der Waals surface area (Å²) in [7, 11) is 0. The van der Waals surface area contributed by atoms with E-state index in [0.29, 0.717) is 17.5 Å². The molecule has 0 amide bonds. The van der Waals surface area contributed by atoms with Gasteiger partial charge in [0, 0.05) is 16.7 Å². The summed E-state index contributed by atoms with van der Waals surface area (Å²) in [6.45, 7) is 0. The van der Waals surface area contributed by atoms with E-state index in [4.69, 9.17) is 15.0 Å². The van der Waals surface area contributed by atoms with Gasteiger partial charge in [-0.15, -0.1) is 0 Å². The summed E-state index contributed by atoms with van der Waals surface area (Å²) in [6.07, 6.45) is 0. The van der Waals surface area contributed by atoms with Gasteiger partial charge in [-0.1, -0.05) is 170 Å². The molecule has 9 aromatic rings. The average molecular weight is 662 g/mol. The van der Waals surface area contributed by atoms with Gasteiger partial charge in [-0.2, -0.15) is 0 Å². The third kappa shape index (κ3) is 5.19. The van der Waals surface area contributed by atoms with Gasteiger partial charge in [0.1, 0.15) is 0 Å². The third-order valence-electron chi connectivity index (χ3n) is 10.1. The Balaban J connectivity index is 1.09. The van der Waals surface area contributed by atoms with E-state index in [0.717, 1.165) is 27.8 Å². The van der Waals surface area contributed by atoms with Crippen LogP contribution in [0.1, 0.15) is 0 Å². The second-order valence-corrected chi connectivity index (χ2v) is 13.2. The van der Waals surface area contributed by atoms with E-state index in [-0.39, 0.29) is 0 Å². The summed E-state index contributed by atoms with van der Waals surface area (Å²) in [5, 5.41) is 2.61. The highest BCUT2D eigenvalue weighted by Crippen LogP contribution is 2.49. The molecule has 3 heteroatoms. The molecule has 0 bridgehead atoms. The Hall–Kier alpha value is -6.97. The lowest BCUT2D eigenvalue weighted by Crippen LogP contribution is -2.00. The molecule has 1 heterocycles. The molecule has 0 atom stereocenters. The maximum Gasteiger partial charge on any atom is 0.164 e. The minimum absolute atomic E-state index is 0.645. The number of nitrogens with zero attached hydrogens (tertiary/aromatic N) is 3. The predicted octanol–water partition coefficient (Wildman–Crippen LogP) is 12.7. The van der Waals surface area contributed by atoms with Crippen molar-refractivity contribution in [3.63, 3.8) is 0 Å². The molecule has 0 aliphatic heterocycles. The summed E-state index contributed by atoms with van der Waals surface area (Å²) in [5.41, 5.74) is 15.2. The molecule has 3 nitrogen and oxygen atoms in total. The smallest absolute Gasteiger partial charge is 0.164 e. The Morgan fingerprint density at radius 3 is 1.17 bits per heavy atom. The van der Waals surface area contributed by atoms with Crippen molar-refractivity contribution in [1.29, 1.82) is 0 Å². The van der Waals surface area contributed by atoms with Gasteiger partial charge in [0.2, 0.25) is 0 Å². The molecular formula is C49H31N3. The molecule has 0 saturated carbocycles. The van der Waals surface area contributed by atoms with Crippen LogP contribution in [0.4, 0.5) is 0 Å². The monoisotopic (exact) mass is 661 g/mol. The fourth-order valence-electron chi connectivity index (χ4n) is 7.56. The van der Waals surface area contributed by atoms with E-state index in [9.17, 15) is 0 Å². The van der Waals surface area contributed by atoms with Gasteiger partial charge in [-0.25, -0.2) is 15.0 Å².